The maximum absolute atomic E-state index is 11.9. The summed E-state index contributed by atoms with van der Waals surface area (Å²) in [6.07, 6.45) is 0. The number of ether oxygens (including phenoxy) is 1. The lowest BCUT2D eigenvalue weighted by molar-refractivity contribution is -0.142. The third-order valence-electron chi connectivity index (χ3n) is 2.41. The number of nitrogens with two attached hydrogens (primary N) is 1. The molecule has 5 heteroatoms. The van der Waals surface area contributed by atoms with E-state index in [9.17, 15) is 9.59 Å². The molecule has 1 aromatic carbocycles. The normalized spacial score (nSPS) is 11.7. The summed E-state index contributed by atoms with van der Waals surface area (Å²) >= 11 is 0. The van der Waals surface area contributed by atoms with Gasteiger partial charge in [-0.1, -0.05) is 6.07 Å². The van der Waals surface area contributed by atoms with Crippen LogP contribution >= 0.6 is 0 Å². The fraction of sp³-hybridized carbons (Fsp3) is 0.333. The van der Waals surface area contributed by atoms with Gasteiger partial charge < -0.3 is 15.8 Å². The number of benzene rings is 1. The van der Waals surface area contributed by atoms with Gasteiger partial charge in [-0.05, 0) is 31.5 Å². The van der Waals surface area contributed by atoms with Crippen molar-refractivity contribution >= 4 is 17.6 Å². The van der Waals surface area contributed by atoms with E-state index in [1.54, 1.807) is 32.0 Å². The standard InChI is InChI=1S/C12H16N2O3/c1-7-4-5-9(13)6-10(7)11(15)14-8(2)12(16)17-3/h4-6,8H,13H2,1-3H3,(H,14,15)/t8-/m1/s1. The average molecular weight is 236 g/mol. The van der Waals surface area contributed by atoms with Crippen molar-refractivity contribution in [1.82, 2.24) is 5.32 Å². The van der Waals surface area contributed by atoms with Gasteiger partial charge in [-0.15, -0.1) is 0 Å². The number of nitrogens with one attached hydrogen (secondary N) is 1. The first kappa shape index (κ1) is 13.0. The Bertz CT molecular complexity index is 443. The average Bonchev–Trinajstić information content (AvgIpc) is 2.30. The van der Waals surface area contributed by atoms with Crippen molar-refractivity contribution in [3.05, 3.63) is 29.3 Å². The summed E-state index contributed by atoms with van der Waals surface area (Å²) in [6.45, 7) is 3.36. The highest BCUT2D eigenvalue weighted by molar-refractivity contribution is 5.98. The Morgan fingerprint density at radius 3 is 2.65 bits per heavy atom. The van der Waals surface area contributed by atoms with Gasteiger partial charge in [-0.3, -0.25) is 4.79 Å². The molecule has 0 aliphatic heterocycles. The zero-order valence-corrected chi connectivity index (χ0v) is 10.1. The number of carbonyl (C=O) groups is 2. The molecule has 0 aromatic heterocycles. The summed E-state index contributed by atoms with van der Waals surface area (Å²) in [7, 11) is 1.27. The van der Waals surface area contributed by atoms with Gasteiger partial charge in [0.1, 0.15) is 6.04 Å². The molecular formula is C12H16N2O3. The molecule has 92 valence electrons. The molecule has 5 nitrogen and oxygen atoms in total. The maximum Gasteiger partial charge on any atom is 0.328 e. The van der Waals surface area contributed by atoms with Crippen molar-refractivity contribution in [3.63, 3.8) is 0 Å². The lowest BCUT2D eigenvalue weighted by atomic mass is 10.1. The predicted octanol–water partition coefficient (Wildman–Crippen LogP) is 0.869. The largest absolute Gasteiger partial charge is 0.467 e. The minimum absolute atomic E-state index is 0.340. The second-order valence-corrected chi connectivity index (χ2v) is 3.79. The van der Waals surface area contributed by atoms with E-state index in [-0.39, 0.29) is 5.91 Å². The van der Waals surface area contributed by atoms with Crippen LogP contribution < -0.4 is 11.1 Å². The molecule has 1 rings (SSSR count). The van der Waals surface area contributed by atoms with E-state index in [1.165, 1.54) is 7.11 Å². The number of hydrogen-bond acceptors (Lipinski definition) is 4. The first-order valence-corrected chi connectivity index (χ1v) is 5.20. The Morgan fingerprint density at radius 1 is 1.41 bits per heavy atom. The van der Waals surface area contributed by atoms with E-state index in [4.69, 9.17) is 5.73 Å². The van der Waals surface area contributed by atoms with Crippen molar-refractivity contribution < 1.29 is 14.3 Å². The van der Waals surface area contributed by atoms with Crippen LogP contribution in [-0.2, 0) is 9.53 Å². The van der Waals surface area contributed by atoms with Crippen molar-refractivity contribution in [2.75, 3.05) is 12.8 Å². The first-order valence-electron chi connectivity index (χ1n) is 5.20. The molecule has 1 amide bonds. The third-order valence-corrected chi connectivity index (χ3v) is 2.41. The number of hydrogen-bond donors (Lipinski definition) is 2. The van der Waals surface area contributed by atoms with E-state index in [0.29, 0.717) is 11.3 Å². The van der Waals surface area contributed by atoms with Gasteiger partial charge in [-0.2, -0.15) is 0 Å². The van der Waals surface area contributed by atoms with Gasteiger partial charge in [0.25, 0.3) is 5.91 Å². The van der Waals surface area contributed by atoms with Crippen LogP contribution in [0, 0.1) is 6.92 Å². The highest BCUT2D eigenvalue weighted by Gasteiger charge is 2.17. The molecule has 0 saturated carbocycles. The van der Waals surface area contributed by atoms with Crippen LogP contribution in [0.5, 0.6) is 0 Å². The number of anilines is 1. The number of nitrogen functional groups attached to an aromatic ring is 1. The zero-order chi connectivity index (χ0) is 13.0. The quantitative estimate of drug-likeness (QED) is 0.602. The molecule has 0 aliphatic carbocycles. The number of rotatable bonds is 3. The Labute approximate surface area is 99.9 Å². The smallest absolute Gasteiger partial charge is 0.328 e. The van der Waals surface area contributed by atoms with Crippen molar-refractivity contribution in [2.45, 2.75) is 19.9 Å². The van der Waals surface area contributed by atoms with Crippen LogP contribution in [0.15, 0.2) is 18.2 Å². The number of amides is 1. The molecule has 1 atom stereocenters. The molecule has 0 bridgehead atoms. The summed E-state index contributed by atoms with van der Waals surface area (Å²) in [5.41, 5.74) is 7.38. The number of esters is 1. The summed E-state index contributed by atoms with van der Waals surface area (Å²) < 4.78 is 4.52. The predicted molar refractivity (Wildman–Crippen MR) is 64.5 cm³/mol. The Kier molecular flexibility index (Phi) is 4.09. The van der Waals surface area contributed by atoms with Crippen LogP contribution in [-0.4, -0.2) is 25.0 Å². The van der Waals surface area contributed by atoms with E-state index in [1.807, 2.05) is 0 Å². The van der Waals surface area contributed by atoms with E-state index in [0.717, 1.165) is 5.56 Å². The zero-order valence-electron chi connectivity index (χ0n) is 10.1. The highest BCUT2D eigenvalue weighted by atomic mass is 16.5. The van der Waals surface area contributed by atoms with Crippen LogP contribution in [0.3, 0.4) is 0 Å². The molecule has 0 radical (unpaired) electrons. The Morgan fingerprint density at radius 2 is 2.06 bits per heavy atom. The number of carbonyl (C=O) groups excluding carboxylic acids is 2. The van der Waals surface area contributed by atoms with Gasteiger partial charge in [0, 0.05) is 11.3 Å². The van der Waals surface area contributed by atoms with E-state index in [2.05, 4.69) is 10.1 Å². The van der Waals surface area contributed by atoms with Crippen molar-refractivity contribution in [3.8, 4) is 0 Å². The van der Waals surface area contributed by atoms with E-state index >= 15 is 0 Å². The topological polar surface area (TPSA) is 81.4 Å². The second-order valence-electron chi connectivity index (χ2n) is 3.79. The highest BCUT2D eigenvalue weighted by Crippen LogP contribution is 2.12. The minimum atomic E-state index is -0.687. The van der Waals surface area contributed by atoms with Crippen LogP contribution in [0.2, 0.25) is 0 Å². The van der Waals surface area contributed by atoms with Gasteiger partial charge in [-0.25, -0.2) is 4.79 Å². The molecule has 0 spiro atoms. The molecule has 0 heterocycles. The molecular weight excluding hydrogens is 220 g/mol. The van der Waals surface area contributed by atoms with Gasteiger partial charge in [0.15, 0.2) is 0 Å². The third kappa shape index (κ3) is 3.21. The lowest BCUT2D eigenvalue weighted by Crippen LogP contribution is -2.39. The van der Waals surface area contributed by atoms with Crippen LogP contribution in [0.4, 0.5) is 5.69 Å². The number of aryl methyl sites for hydroxylation is 1. The van der Waals surface area contributed by atoms with Gasteiger partial charge in [0.2, 0.25) is 0 Å². The first-order chi connectivity index (χ1) is 7.95. The summed E-state index contributed by atoms with van der Waals surface area (Å²) in [6, 6.07) is 4.37. The molecule has 0 fully saturated rings. The SMILES string of the molecule is COC(=O)[C@@H](C)NC(=O)c1cc(N)ccc1C. The fourth-order valence-electron chi connectivity index (χ4n) is 1.39. The molecule has 0 aliphatic rings. The maximum atomic E-state index is 11.9. The van der Waals surface area contributed by atoms with Gasteiger partial charge in [0.05, 0.1) is 7.11 Å². The molecule has 0 saturated heterocycles. The fourth-order valence-corrected chi connectivity index (χ4v) is 1.39. The van der Waals surface area contributed by atoms with Crippen molar-refractivity contribution in [1.29, 1.82) is 0 Å². The number of methoxy groups -OCH3 is 1. The molecule has 1 aromatic rings. The summed E-state index contributed by atoms with van der Waals surface area (Å²) in [4.78, 5) is 23.0. The Balaban J connectivity index is 2.83. The molecule has 3 N–H and O–H groups in total. The van der Waals surface area contributed by atoms with E-state index < -0.39 is 12.0 Å². The summed E-state index contributed by atoms with van der Waals surface area (Å²) in [5.74, 6) is -0.826. The second kappa shape index (κ2) is 5.34. The minimum Gasteiger partial charge on any atom is -0.467 e. The monoisotopic (exact) mass is 236 g/mol. The molecule has 17 heavy (non-hydrogen) atoms. The van der Waals surface area contributed by atoms with Crippen LogP contribution in [0.25, 0.3) is 0 Å². The van der Waals surface area contributed by atoms with Gasteiger partial charge >= 0.3 is 5.97 Å². The van der Waals surface area contributed by atoms with Crippen LogP contribution in [0.1, 0.15) is 22.8 Å². The Hall–Kier alpha value is -2.04. The molecule has 0 unspecified atom stereocenters. The summed E-state index contributed by atoms with van der Waals surface area (Å²) in [5, 5.41) is 2.55. The van der Waals surface area contributed by atoms with Crippen molar-refractivity contribution in [2.24, 2.45) is 0 Å². The lowest BCUT2D eigenvalue weighted by Gasteiger charge is -2.13.